The molecule has 0 spiro atoms. The SMILES string of the molecule is Cc1c(C)n(CC(=O)O)c2ncccc12. The molecule has 2 aromatic heterocycles. The number of carboxylic acid groups (broad SMARTS) is 1. The Bertz CT molecular complexity index is 529. The Hall–Kier alpha value is -1.84. The zero-order valence-corrected chi connectivity index (χ0v) is 8.69. The van der Waals surface area contributed by atoms with Gasteiger partial charge < -0.3 is 9.67 Å². The van der Waals surface area contributed by atoms with Crippen LogP contribution in [0.3, 0.4) is 0 Å². The van der Waals surface area contributed by atoms with Gasteiger partial charge >= 0.3 is 5.97 Å². The third-order valence-corrected chi connectivity index (χ3v) is 2.69. The third-order valence-electron chi connectivity index (χ3n) is 2.69. The number of hydrogen-bond acceptors (Lipinski definition) is 2. The van der Waals surface area contributed by atoms with Crippen LogP contribution in [0.2, 0.25) is 0 Å². The normalized spacial score (nSPS) is 10.8. The molecule has 2 rings (SSSR count). The molecule has 1 N–H and O–H groups in total. The second-order valence-electron chi connectivity index (χ2n) is 3.56. The lowest BCUT2D eigenvalue weighted by atomic mass is 10.2. The van der Waals surface area contributed by atoms with Crippen molar-refractivity contribution in [1.82, 2.24) is 9.55 Å². The molecule has 0 atom stereocenters. The van der Waals surface area contributed by atoms with E-state index in [1.165, 1.54) is 0 Å². The van der Waals surface area contributed by atoms with Crippen molar-refractivity contribution in [3.63, 3.8) is 0 Å². The van der Waals surface area contributed by atoms with E-state index in [9.17, 15) is 4.79 Å². The number of pyridine rings is 1. The average Bonchev–Trinajstić information content (AvgIpc) is 2.44. The fraction of sp³-hybridized carbons (Fsp3) is 0.273. The van der Waals surface area contributed by atoms with Crippen LogP contribution in [-0.4, -0.2) is 20.6 Å². The predicted molar refractivity (Wildman–Crippen MR) is 56.8 cm³/mol. The monoisotopic (exact) mass is 204 g/mol. The molecule has 0 amide bonds. The highest BCUT2D eigenvalue weighted by atomic mass is 16.4. The number of aryl methyl sites for hydroxylation is 1. The third kappa shape index (κ3) is 1.48. The van der Waals surface area contributed by atoms with Crippen LogP contribution in [-0.2, 0) is 11.3 Å². The van der Waals surface area contributed by atoms with Crippen LogP contribution in [0.15, 0.2) is 18.3 Å². The predicted octanol–water partition coefficient (Wildman–Crippen LogP) is 1.74. The minimum atomic E-state index is -0.847. The average molecular weight is 204 g/mol. The molecule has 0 bridgehead atoms. The summed E-state index contributed by atoms with van der Waals surface area (Å²) < 4.78 is 1.73. The summed E-state index contributed by atoms with van der Waals surface area (Å²) in [6.07, 6.45) is 1.68. The van der Waals surface area contributed by atoms with Gasteiger partial charge in [0.15, 0.2) is 0 Å². The van der Waals surface area contributed by atoms with Crippen molar-refractivity contribution in [2.75, 3.05) is 0 Å². The maximum Gasteiger partial charge on any atom is 0.323 e. The van der Waals surface area contributed by atoms with E-state index in [0.29, 0.717) is 0 Å². The van der Waals surface area contributed by atoms with Gasteiger partial charge in [0, 0.05) is 17.3 Å². The van der Waals surface area contributed by atoms with E-state index in [1.807, 2.05) is 26.0 Å². The van der Waals surface area contributed by atoms with Crippen molar-refractivity contribution >= 4 is 17.0 Å². The molecule has 78 valence electrons. The van der Waals surface area contributed by atoms with Gasteiger partial charge in [0.25, 0.3) is 0 Å². The summed E-state index contributed by atoms with van der Waals surface area (Å²) in [5.74, 6) is -0.847. The van der Waals surface area contributed by atoms with Crippen molar-refractivity contribution in [2.24, 2.45) is 0 Å². The summed E-state index contributed by atoms with van der Waals surface area (Å²) >= 11 is 0. The molecule has 0 saturated carbocycles. The smallest absolute Gasteiger partial charge is 0.323 e. The summed E-state index contributed by atoms with van der Waals surface area (Å²) in [4.78, 5) is 14.9. The first-order valence-electron chi connectivity index (χ1n) is 4.73. The quantitative estimate of drug-likeness (QED) is 0.810. The van der Waals surface area contributed by atoms with Gasteiger partial charge in [0.1, 0.15) is 12.2 Å². The Labute approximate surface area is 87.2 Å². The summed E-state index contributed by atoms with van der Waals surface area (Å²) in [5.41, 5.74) is 2.81. The molecule has 4 nitrogen and oxygen atoms in total. The van der Waals surface area contributed by atoms with E-state index in [-0.39, 0.29) is 6.54 Å². The second-order valence-corrected chi connectivity index (χ2v) is 3.56. The van der Waals surface area contributed by atoms with E-state index in [0.717, 1.165) is 22.3 Å². The van der Waals surface area contributed by atoms with E-state index in [4.69, 9.17) is 5.11 Å². The molecule has 0 radical (unpaired) electrons. The molecule has 0 saturated heterocycles. The Morgan fingerprint density at radius 3 is 2.93 bits per heavy atom. The maximum atomic E-state index is 10.7. The zero-order chi connectivity index (χ0) is 11.0. The van der Waals surface area contributed by atoms with Crippen LogP contribution in [0.25, 0.3) is 11.0 Å². The first-order chi connectivity index (χ1) is 7.11. The Morgan fingerprint density at radius 1 is 1.53 bits per heavy atom. The van der Waals surface area contributed by atoms with Crippen LogP contribution in [0.5, 0.6) is 0 Å². The molecule has 0 aliphatic carbocycles. The van der Waals surface area contributed by atoms with Gasteiger partial charge in [-0.05, 0) is 31.5 Å². The number of carbonyl (C=O) groups is 1. The molecule has 2 aromatic rings. The first kappa shape index (κ1) is 9.71. The summed E-state index contributed by atoms with van der Waals surface area (Å²) in [6, 6.07) is 3.82. The van der Waals surface area contributed by atoms with E-state index >= 15 is 0 Å². The minimum Gasteiger partial charge on any atom is -0.480 e. The lowest BCUT2D eigenvalue weighted by Crippen LogP contribution is -2.10. The van der Waals surface area contributed by atoms with Crippen molar-refractivity contribution in [3.05, 3.63) is 29.6 Å². The number of aromatic nitrogens is 2. The Morgan fingerprint density at radius 2 is 2.27 bits per heavy atom. The number of nitrogens with zero attached hydrogens (tertiary/aromatic N) is 2. The van der Waals surface area contributed by atoms with E-state index in [2.05, 4.69) is 4.98 Å². The lowest BCUT2D eigenvalue weighted by Gasteiger charge is -2.02. The molecule has 0 fully saturated rings. The number of hydrogen-bond donors (Lipinski definition) is 1. The van der Waals surface area contributed by atoms with Crippen LogP contribution in [0.4, 0.5) is 0 Å². The highest BCUT2D eigenvalue weighted by Crippen LogP contribution is 2.22. The topological polar surface area (TPSA) is 55.1 Å². The number of fused-ring (bicyclic) bond motifs is 1. The minimum absolute atomic E-state index is 0.0345. The molecule has 0 unspecified atom stereocenters. The lowest BCUT2D eigenvalue weighted by molar-refractivity contribution is -0.137. The van der Waals surface area contributed by atoms with Crippen LogP contribution < -0.4 is 0 Å². The van der Waals surface area contributed by atoms with Gasteiger partial charge in [0.2, 0.25) is 0 Å². The molecular weight excluding hydrogens is 192 g/mol. The van der Waals surface area contributed by atoms with Gasteiger partial charge in [-0.15, -0.1) is 0 Å². The highest BCUT2D eigenvalue weighted by Gasteiger charge is 2.12. The van der Waals surface area contributed by atoms with Crippen molar-refractivity contribution in [3.8, 4) is 0 Å². The first-order valence-corrected chi connectivity index (χ1v) is 4.73. The van der Waals surface area contributed by atoms with Crippen molar-refractivity contribution in [1.29, 1.82) is 0 Å². The van der Waals surface area contributed by atoms with E-state index in [1.54, 1.807) is 10.8 Å². The zero-order valence-electron chi connectivity index (χ0n) is 8.69. The number of carboxylic acids is 1. The molecule has 2 heterocycles. The molecular formula is C11H12N2O2. The van der Waals surface area contributed by atoms with Crippen LogP contribution in [0.1, 0.15) is 11.3 Å². The van der Waals surface area contributed by atoms with E-state index < -0.39 is 5.97 Å². The van der Waals surface area contributed by atoms with Gasteiger partial charge in [-0.25, -0.2) is 4.98 Å². The second kappa shape index (κ2) is 3.38. The molecule has 0 aromatic carbocycles. The van der Waals surface area contributed by atoms with Gasteiger partial charge in [-0.2, -0.15) is 0 Å². The van der Waals surface area contributed by atoms with Gasteiger partial charge in [-0.1, -0.05) is 0 Å². The maximum absolute atomic E-state index is 10.7. The molecule has 4 heteroatoms. The fourth-order valence-corrected chi connectivity index (χ4v) is 1.79. The fourth-order valence-electron chi connectivity index (χ4n) is 1.79. The van der Waals surface area contributed by atoms with Gasteiger partial charge in [0.05, 0.1) is 0 Å². The summed E-state index contributed by atoms with van der Waals surface area (Å²) in [6.45, 7) is 3.87. The number of rotatable bonds is 2. The van der Waals surface area contributed by atoms with Gasteiger partial charge in [-0.3, -0.25) is 4.79 Å². The molecule has 0 aliphatic heterocycles. The Kier molecular flexibility index (Phi) is 2.19. The number of aliphatic carboxylic acids is 1. The summed E-state index contributed by atoms with van der Waals surface area (Å²) in [5, 5.41) is 9.84. The molecule has 15 heavy (non-hydrogen) atoms. The van der Waals surface area contributed by atoms with Crippen molar-refractivity contribution in [2.45, 2.75) is 20.4 Å². The van der Waals surface area contributed by atoms with Crippen LogP contribution >= 0.6 is 0 Å². The van der Waals surface area contributed by atoms with Crippen molar-refractivity contribution < 1.29 is 9.90 Å². The molecule has 0 aliphatic rings. The van der Waals surface area contributed by atoms with Crippen LogP contribution in [0, 0.1) is 13.8 Å². The largest absolute Gasteiger partial charge is 0.480 e. The summed E-state index contributed by atoms with van der Waals surface area (Å²) in [7, 11) is 0. The highest BCUT2D eigenvalue weighted by molar-refractivity contribution is 5.83. The Balaban J connectivity index is 2.72. The standard InChI is InChI=1S/C11H12N2O2/c1-7-8(2)13(6-10(14)15)11-9(7)4-3-5-12-11/h3-5H,6H2,1-2H3,(H,14,15).